The molecule has 1 unspecified atom stereocenters. The van der Waals surface area contributed by atoms with Gasteiger partial charge in [-0.15, -0.1) is 24.8 Å². The first-order valence-electron chi connectivity index (χ1n) is 3.76. The molecule has 1 atom stereocenters. The van der Waals surface area contributed by atoms with Crippen LogP contribution in [0.3, 0.4) is 0 Å². The molecule has 1 aromatic rings. The van der Waals surface area contributed by atoms with Gasteiger partial charge in [0, 0.05) is 0 Å². The summed E-state index contributed by atoms with van der Waals surface area (Å²) in [5, 5.41) is 8.79. The second kappa shape index (κ2) is 8.32. The Kier molecular flexibility index (Phi) is 9.74. The zero-order valence-electron chi connectivity index (χ0n) is 7.22. The largest absolute Gasteiger partial charge is 0.379 e. The van der Waals surface area contributed by atoms with Gasteiger partial charge in [0.25, 0.3) is 0 Å². The number of halogens is 2. The first kappa shape index (κ1) is 15.2. The lowest BCUT2D eigenvalue weighted by Crippen LogP contribution is -2.19. The Hall–Kier alpha value is -0.280. The number of aliphatic hydroxyl groups is 1. The Balaban J connectivity index is 0. The van der Waals surface area contributed by atoms with Gasteiger partial charge in [-0.25, -0.2) is 0 Å². The molecule has 0 radical (unpaired) electrons. The number of nitrogens with two attached hydrogens (primary N) is 1. The van der Waals surface area contributed by atoms with Crippen molar-refractivity contribution in [2.45, 2.75) is 19.1 Å². The number of hydrogen-bond acceptors (Lipinski definition) is 2. The predicted molar refractivity (Wildman–Crippen MR) is 59.5 cm³/mol. The van der Waals surface area contributed by atoms with Crippen LogP contribution in [0.25, 0.3) is 0 Å². The van der Waals surface area contributed by atoms with E-state index in [4.69, 9.17) is 10.8 Å². The smallest absolute Gasteiger partial charge is 0.102 e. The minimum absolute atomic E-state index is 0. The first-order valence-corrected chi connectivity index (χ1v) is 3.76. The highest BCUT2D eigenvalue weighted by Crippen LogP contribution is 2.02. The van der Waals surface area contributed by atoms with E-state index in [1.54, 1.807) is 0 Å². The number of rotatable bonds is 3. The van der Waals surface area contributed by atoms with Crippen molar-refractivity contribution in [3.05, 3.63) is 35.9 Å². The standard InChI is InChI=1S/C9H13NO.2ClH/c10-9(11)7-6-8-4-2-1-3-5-8;;/h1-5,9,11H,6-7,10H2;2*1H. The van der Waals surface area contributed by atoms with E-state index < -0.39 is 6.23 Å². The van der Waals surface area contributed by atoms with Gasteiger partial charge in [0.15, 0.2) is 0 Å². The Bertz CT molecular complexity index is 204. The second-order valence-electron chi connectivity index (χ2n) is 2.59. The van der Waals surface area contributed by atoms with Crippen LogP contribution in [0, 0.1) is 0 Å². The molecule has 4 heteroatoms. The van der Waals surface area contributed by atoms with Gasteiger partial charge in [-0.05, 0) is 18.4 Å². The van der Waals surface area contributed by atoms with Gasteiger partial charge in [-0.2, -0.15) is 0 Å². The van der Waals surface area contributed by atoms with Crippen LogP contribution >= 0.6 is 24.8 Å². The second-order valence-corrected chi connectivity index (χ2v) is 2.59. The van der Waals surface area contributed by atoms with Crippen LogP contribution in [0.4, 0.5) is 0 Å². The lowest BCUT2D eigenvalue weighted by molar-refractivity contribution is 0.172. The van der Waals surface area contributed by atoms with Gasteiger partial charge in [0.2, 0.25) is 0 Å². The van der Waals surface area contributed by atoms with Gasteiger partial charge < -0.3 is 10.8 Å². The summed E-state index contributed by atoms with van der Waals surface area (Å²) in [6, 6.07) is 10.0. The minimum Gasteiger partial charge on any atom is -0.379 e. The molecule has 0 aliphatic heterocycles. The fourth-order valence-electron chi connectivity index (χ4n) is 0.959. The van der Waals surface area contributed by atoms with Gasteiger partial charge in [-0.1, -0.05) is 30.3 Å². The Morgan fingerprint density at radius 2 is 1.69 bits per heavy atom. The molecule has 13 heavy (non-hydrogen) atoms. The van der Waals surface area contributed by atoms with E-state index in [0.29, 0.717) is 6.42 Å². The van der Waals surface area contributed by atoms with E-state index in [1.165, 1.54) is 5.56 Å². The maximum Gasteiger partial charge on any atom is 0.102 e. The van der Waals surface area contributed by atoms with Crippen LogP contribution < -0.4 is 5.73 Å². The van der Waals surface area contributed by atoms with Crippen molar-refractivity contribution in [3.63, 3.8) is 0 Å². The molecule has 0 aliphatic carbocycles. The Morgan fingerprint density at radius 1 is 1.15 bits per heavy atom. The van der Waals surface area contributed by atoms with E-state index in [0.717, 1.165) is 6.42 Å². The molecule has 2 nitrogen and oxygen atoms in total. The van der Waals surface area contributed by atoms with Crippen molar-refractivity contribution in [1.82, 2.24) is 0 Å². The quantitative estimate of drug-likeness (QED) is 0.768. The molecule has 0 aromatic heterocycles. The van der Waals surface area contributed by atoms with Crippen molar-refractivity contribution in [2.75, 3.05) is 0 Å². The van der Waals surface area contributed by atoms with Crippen molar-refractivity contribution in [3.8, 4) is 0 Å². The van der Waals surface area contributed by atoms with Crippen molar-refractivity contribution < 1.29 is 5.11 Å². The zero-order valence-corrected chi connectivity index (χ0v) is 8.85. The molecular weight excluding hydrogens is 209 g/mol. The third-order valence-electron chi connectivity index (χ3n) is 1.57. The number of benzene rings is 1. The highest BCUT2D eigenvalue weighted by molar-refractivity contribution is 5.85. The molecule has 0 heterocycles. The van der Waals surface area contributed by atoms with Crippen LogP contribution in [0.2, 0.25) is 0 Å². The molecule has 0 aliphatic rings. The van der Waals surface area contributed by atoms with Crippen molar-refractivity contribution in [1.29, 1.82) is 0 Å². The van der Waals surface area contributed by atoms with Gasteiger partial charge >= 0.3 is 0 Å². The van der Waals surface area contributed by atoms with E-state index in [2.05, 4.69) is 0 Å². The monoisotopic (exact) mass is 223 g/mol. The molecule has 1 rings (SSSR count). The number of aliphatic hydroxyl groups excluding tert-OH is 1. The van der Waals surface area contributed by atoms with Gasteiger partial charge in [0.05, 0.1) is 0 Å². The zero-order chi connectivity index (χ0) is 8.10. The summed E-state index contributed by atoms with van der Waals surface area (Å²) in [6.45, 7) is 0. The first-order chi connectivity index (χ1) is 5.29. The summed E-state index contributed by atoms with van der Waals surface area (Å²) < 4.78 is 0. The molecule has 3 N–H and O–H groups in total. The Labute approximate surface area is 91.0 Å². The molecule has 1 aromatic carbocycles. The summed E-state index contributed by atoms with van der Waals surface area (Å²) >= 11 is 0. The highest BCUT2D eigenvalue weighted by Gasteiger charge is 1.95. The third-order valence-corrected chi connectivity index (χ3v) is 1.57. The van der Waals surface area contributed by atoms with Crippen LogP contribution in [0.1, 0.15) is 12.0 Å². The normalized spacial score (nSPS) is 10.9. The molecule has 0 saturated heterocycles. The minimum atomic E-state index is -0.685. The summed E-state index contributed by atoms with van der Waals surface area (Å²) in [4.78, 5) is 0. The molecular formula is C9H15Cl2NO. The average molecular weight is 224 g/mol. The van der Waals surface area contributed by atoms with Gasteiger partial charge in [-0.3, -0.25) is 0 Å². The maximum absolute atomic E-state index is 8.79. The number of hydrogen-bond donors (Lipinski definition) is 2. The van der Waals surface area contributed by atoms with Crippen LogP contribution in [0.5, 0.6) is 0 Å². The molecule has 0 fully saturated rings. The molecule has 0 bridgehead atoms. The molecule has 0 amide bonds. The lowest BCUT2D eigenvalue weighted by atomic mass is 10.1. The Morgan fingerprint density at radius 3 is 2.15 bits per heavy atom. The van der Waals surface area contributed by atoms with Gasteiger partial charge in [0.1, 0.15) is 6.23 Å². The van der Waals surface area contributed by atoms with Crippen LogP contribution in [0.15, 0.2) is 30.3 Å². The van der Waals surface area contributed by atoms with Crippen LogP contribution in [-0.4, -0.2) is 11.3 Å². The lowest BCUT2D eigenvalue weighted by Gasteiger charge is -2.02. The summed E-state index contributed by atoms with van der Waals surface area (Å²) in [5.74, 6) is 0. The SMILES string of the molecule is Cl.Cl.NC(O)CCc1ccccc1. The fraction of sp³-hybridized carbons (Fsp3) is 0.333. The average Bonchev–Trinajstić information content (AvgIpc) is 2.03. The third kappa shape index (κ3) is 6.84. The summed E-state index contributed by atoms with van der Waals surface area (Å²) in [5.41, 5.74) is 6.42. The maximum atomic E-state index is 8.79. The van der Waals surface area contributed by atoms with Crippen molar-refractivity contribution >= 4 is 24.8 Å². The van der Waals surface area contributed by atoms with E-state index in [-0.39, 0.29) is 24.8 Å². The highest BCUT2D eigenvalue weighted by atomic mass is 35.5. The summed E-state index contributed by atoms with van der Waals surface area (Å²) in [6.07, 6.45) is 0.790. The molecule has 0 saturated carbocycles. The van der Waals surface area contributed by atoms with E-state index in [1.807, 2.05) is 30.3 Å². The molecule has 76 valence electrons. The predicted octanol–water partition coefficient (Wildman–Crippen LogP) is 1.74. The van der Waals surface area contributed by atoms with Crippen molar-refractivity contribution in [2.24, 2.45) is 5.73 Å². The fourth-order valence-corrected chi connectivity index (χ4v) is 0.959. The number of aryl methyl sites for hydroxylation is 1. The topological polar surface area (TPSA) is 46.2 Å². The van der Waals surface area contributed by atoms with E-state index >= 15 is 0 Å². The van der Waals surface area contributed by atoms with E-state index in [9.17, 15) is 0 Å². The van der Waals surface area contributed by atoms with Crippen LogP contribution in [-0.2, 0) is 6.42 Å². The molecule has 0 spiro atoms. The summed E-state index contributed by atoms with van der Waals surface area (Å²) in [7, 11) is 0.